The van der Waals surface area contributed by atoms with Crippen LogP contribution in [-0.4, -0.2) is 41.3 Å². The van der Waals surface area contributed by atoms with Gasteiger partial charge < -0.3 is 4.90 Å². The highest BCUT2D eigenvalue weighted by atomic mass is 32.1. The van der Waals surface area contributed by atoms with E-state index in [1.807, 2.05) is 72.5 Å². The molecule has 0 saturated carbocycles. The quantitative estimate of drug-likeness (QED) is 0.568. The van der Waals surface area contributed by atoms with Crippen LogP contribution in [0.4, 0.5) is 5.13 Å². The van der Waals surface area contributed by atoms with Gasteiger partial charge in [-0.2, -0.15) is 0 Å². The third-order valence-corrected chi connectivity index (χ3v) is 6.53. The number of carbonyl (C=O) groups excluding carboxylic acids is 2. The zero-order valence-electron chi connectivity index (χ0n) is 17.0. The van der Waals surface area contributed by atoms with Gasteiger partial charge in [-0.3, -0.25) is 14.5 Å². The first kappa shape index (κ1) is 20.3. The van der Waals surface area contributed by atoms with E-state index in [2.05, 4.69) is 4.98 Å². The van der Waals surface area contributed by atoms with Crippen molar-refractivity contribution in [3.8, 4) is 0 Å². The van der Waals surface area contributed by atoms with Gasteiger partial charge in [-0.25, -0.2) is 4.98 Å². The second kappa shape index (κ2) is 9.22. The largest absolute Gasteiger partial charge is 0.339 e. The van der Waals surface area contributed by atoms with Crippen LogP contribution in [0.25, 0.3) is 16.3 Å². The van der Waals surface area contributed by atoms with Gasteiger partial charge in [0.1, 0.15) is 0 Å². The van der Waals surface area contributed by atoms with E-state index in [4.69, 9.17) is 0 Å². The number of para-hydroxylation sites is 1. The van der Waals surface area contributed by atoms with Crippen molar-refractivity contribution in [1.82, 2.24) is 9.88 Å². The molecule has 5 nitrogen and oxygen atoms in total. The molecule has 2 aromatic carbocycles. The van der Waals surface area contributed by atoms with E-state index in [-0.39, 0.29) is 17.7 Å². The Morgan fingerprint density at radius 3 is 2.50 bits per heavy atom. The van der Waals surface area contributed by atoms with Crippen molar-refractivity contribution < 1.29 is 9.59 Å². The maximum atomic E-state index is 13.2. The van der Waals surface area contributed by atoms with Crippen LogP contribution in [0, 0.1) is 5.92 Å². The van der Waals surface area contributed by atoms with Gasteiger partial charge in [-0.15, -0.1) is 0 Å². The Balaban J connectivity index is 1.37. The average molecular weight is 420 g/mol. The van der Waals surface area contributed by atoms with Gasteiger partial charge in [0.05, 0.1) is 10.2 Å². The molecule has 2 heterocycles. The molecule has 1 aliphatic heterocycles. The number of hydrogen-bond donors (Lipinski definition) is 0. The van der Waals surface area contributed by atoms with Crippen molar-refractivity contribution in [1.29, 1.82) is 0 Å². The van der Waals surface area contributed by atoms with Crippen LogP contribution in [0.15, 0.2) is 60.7 Å². The minimum Gasteiger partial charge on any atom is -0.339 e. The number of nitrogens with zero attached hydrogens (tertiary/aromatic N) is 3. The molecule has 2 amide bonds. The molecule has 6 heteroatoms. The molecule has 1 saturated heterocycles. The van der Waals surface area contributed by atoms with Gasteiger partial charge in [-0.05, 0) is 43.5 Å². The van der Waals surface area contributed by atoms with Gasteiger partial charge >= 0.3 is 0 Å². The normalized spacial score (nSPS) is 15.0. The molecule has 30 heavy (non-hydrogen) atoms. The Bertz CT molecular complexity index is 1020. The van der Waals surface area contributed by atoms with E-state index in [1.54, 1.807) is 22.3 Å². The SMILES string of the molecule is CCN(C(=O)C1CCN(C(=O)/C=C/c2ccccc2)CC1)c1nc2ccccc2s1. The lowest BCUT2D eigenvalue weighted by molar-refractivity contribution is -0.130. The smallest absolute Gasteiger partial charge is 0.246 e. The summed E-state index contributed by atoms with van der Waals surface area (Å²) in [4.78, 5) is 33.9. The molecule has 0 spiro atoms. The van der Waals surface area contributed by atoms with Crippen LogP contribution in [0.1, 0.15) is 25.3 Å². The van der Waals surface area contributed by atoms with Gasteiger partial charge in [-0.1, -0.05) is 53.8 Å². The zero-order valence-corrected chi connectivity index (χ0v) is 17.8. The predicted molar refractivity (Wildman–Crippen MR) is 122 cm³/mol. The van der Waals surface area contributed by atoms with E-state index >= 15 is 0 Å². The standard InChI is InChI=1S/C24H25N3O2S/c1-2-27(24-25-20-10-6-7-11-21(20)30-24)23(29)19-14-16-26(17-15-19)22(28)13-12-18-8-4-3-5-9-18/h3-13,19H,2,14-17H2,1H3/b13-12+. The van der Waals surface area contributed by atoms with Crippen LogP contribution >= 0.6 is 11.3 Å². The van der Waals surface area contributed by atoms with E-state index in [9.17, 15) is 9.59 Å². The van der Waals surface area contributed by atoms with Crippen LogP contribution in [0.5, 0.6) is 0 Å². The third-order valence-electron chi connectivity index (χ3n) is 5.47. The molecule has 1 aromatic heterocycles. The molecule has 4 rings (SSSR count). The number of likely N-dealkylation sites (tertiary alicyclic amines) is 1. The van der Waals surface area contributed by atoms with Gasteiger partial charge in [0.25, 0.3) is 0 Å². The van der Waals surface area contributed by atoms with Gasteiger partial charge in [0.2, 0.25) is 11.8 Å². The Morgan fingerprint density at radius 2 is 1.80 bits per heavy atom. The van der Waals surface area contributed by atoms with Crippen molar-refractivity contribution in [3.63, 3.8) is 0 Å². The maximum absolute atomic E-state index is 13.2. The van der Waals surface area contributed by atoms with E-state index < -0.39 is 0 Å². The van der Waals surface area contributed by atoms with E-state index in [0.29, 0.717) is 32.5 Å². The Kier molecular flexibility index (Phi) is 6.23. The molecule has 1 aliphatic rings. The minimum absolute atomic E-state index is 0.00303. The fourth-order valence-electron chi connectivity index (χ4n) is 3.77. The van der Waals surface area contributed by atoms with Crippen molar-refractivity contribution in [2.45, 2.75) is 19.8 Å². The lowest BCUT2D eigenvalue weighted by Gasteiger charge is -2.32. The molecule has 1 fully saturated rings. The van der Waals surface area contributed by atoms with Crippen LogP contribution < -0.4 is 4.90 Å². The highest BCUT2D eigenvalue weighted by Gasteiger charge is 2.31. The first-order chi connectivity index (χ1) is 14.7. The number of piperidine rings is 1. The highest BCUT2D eigenvalue weighted by molar-refractivity contribution is 7.22. The second-order valence-electron chi connectivity index (χ2n) is 7.39. The molecule has 0 bridgehead atoms. The summed E-state index contributed by atoms with van der Waals surface area (Å²) in [6.07, 6.45) is 4.83. The Hall–Kier alpha value is -2.99. The lowest BCUT2D eigenvalue weighted by atomic mass is 9.95. The molecule has 0 aliphatic carbocycles. The fourth-order valence-corrected chi connectivity index (χ4v) is 4.80. The summed E-state index contributed by atoms with van der Waals surface area (Å²) < 4.78 is 1.09. The van der Waals surface area contributed by atoms with E-state index in [0.717, 1.165) is 20.9 Å². The molecule has 0 N–H and O–H groups in total. The third kappa shape index (κ3) is 4.44. The average Bonchev–Trinajstić information content (AvgIpc) is 3.22. The number of rotatable bonds is 5. The van der Waals surface area contributed by atoms with Crippen molar-refractivity contribution >= 4 is 44.6 Å². The van der Waals surface area contributed by atoms with Crippen LogP contribution in [0.3, 0.4) is 0 Å². The lowest BCUT2D eigenvalue weighted by Crippen LogP contribution is -2.44. The van der Waals surface area contributed by atoms with Crippen molar-refractivity contribution in [3.05, 3.63) is 66.2 Å². The summed E-state index contributed by atoms with van der Waals surface area (Å²) in [5, 5.41) is 0.757. The Morgan fingerprint density at radius 1 is 1.10 bits per heavy atom. The molecule has 0 atom stereocenters. The molecule has 0 radical (unpaired) electrons. The summed E-state index contributed by atoms with van der Waals surface area (Å²) in [7, 11) is 0. The number of aromatic nitrogens is 1. The van der Waals surface area contributed by atoms with Crippen LogP contribution in [-0.2, 0) is 9.59 Å². The summed E-state index contributed by atoms with van der Waals surface area (Å²) in [6, 6.07) is 17.7. The minimum atomic E-state index is -0.0703. The summed E-state index contributed by atoms with van der Waals surface area (Å²) in [6.45, 7) is 3.78. The zero-order chi connectivity index (χ0) is 20.9. The Labute approximate surface area is 180 Å². The van der Waals surface area contributed by atoms with Crippen LogP contribution in [0.2, 0.25) is 0 Å². The number of carbonyl (C=O) groups is 2. The molecular weight excluding hydrogens is 394 g/mol. The van der Waals surface area contributed by atoms with Crippen molar-refractivity contribution in [2.24, 2.45) is 5.92 Å². The number of fused-ring (bicyclic) bond motifs is 1. The molecule has 3 aromatic rings. The molecular formula is C24H25N3O2S. The summed E-state index contributed by atoms with van der Waals surface area (Å²) in [5.41, 5.74) is 1.93. The maximum Gasteiger partial charge on any atom is 0.246 e. The first-order valence-corrected chi connectivity index (χ1v) is 11.2. The summed E-state index contributed by atoms with van der Waals surface area (Å²) >= 11 is 1.55. The predicted octanol–water partition coefficient (Wildman–Crippen LogP) is 4.60. The number of amides is 2. The molecule has 154 valence electrons. The number of anilines is 1. The number of benzene rings is 2. The number of hydrogen-bond acceptors (Lipinski definition) is 4. The number of thiazole rings is 1. The van der Waals surface area contributed by atoms with Crippen molar-refractivity contribution in [2.75, 3.05) is 24.5 Å². The monoisotopic (exact) mass is 419 g/mol. The van der Waals surface area contributed by atoms with E-state index in [1.165, 1.54) is 0 Å². The highest BCUT2D eigenvalue weighted by Crippen LogP contribution is 2.31. The summed E-state index contributed by atoms with van der Waals surface area (Å²) in [5.74, 6) is 0.0471. The topological polar surface area (TPSA) is 53.5 Å². The first-order valence-electron chi connectivity index (χ1n) is 10.3. The molecule has 0 unspecified atom stereocenters. The fraction of sp³-hybridized carbons (Fsp3) is 0.292. The van der Waals surface area contributed by atoms with Gasteiger partial charge in [0.15, 0.2) is 5.13 Å². The second-order valence-corrected chi connectivity index (χ2v) is 8.40. The van der Waals surface area contributed by atoms with Gasteiger partial charge in [0, 0.05) is 31.6 Å².